The van der Waals surface area contributed by atoms with Crippen LogP contribution in [0.4, 0.5) is 5.69 Å². The zero-order valence-corrected chi connectivity index (χ0v) is 12.5. The van der Waals surface area contributed by atoms with Crippen LogP contribution in [0.3, 0.4) is 0 Å². The van der Waals surface area contributed by atoms with Crippen LogP contribution in [-0.4, -0.2) is 4.98 Å². The van der Waals surface area contributed by atoms with Gasteiger partial charge in [-0.15, -0.1) is 0 Å². The molecule has 0 saturated carbocycles. The first-order valence-electron chi connectivity index (χ1n) is 6.19. The first kappa shape index (κ1) is 13.4. The Labute approximate surface area is 129 Å². The molecule has 0 radical (unpaired) electrons. The number of fused-ring (bicyclic) bond motifs is 1. The Morgan fingerprint density at radius 3 is 2.71 bits per heavy atom. The van der Waals surface area contributed by atoms with Crippen molar-refractivity contribution in [3.63, 3.8) is 0 Å². The van der Waals surface area contributed by atoms with Gasteiger partial charge in [0.25, 0.3) is 0 Å². The molecule has 0 aliphatic heterocycles. The normalized spacial score (nSPS) is 10.3. The minimum Gasteiger partial charge on any atom is -0.438 e. The zero-order chi connectivity index (χ0) is 14.8. The second-order valence-electron chi connectivity index (χ2n) is 4.47. The van der Waals surface area contributed by atoms with Gasteiger partial charge in [-0.25, -0.2) is 4.98 Å². The number of hydrogen-bond acceptors (Lipinski definition) is 4. The Bertz CT molecular complexity index is 851. The molecule has 0 aliphatic carbocycles. The van der Waals surface area contributed by atoms with Crippen LogP contribution in [0.2, 0.25) is 0 Å². The second-order valence-corrected chi connectivity index (χ2v) is 5.38. The van der Waals surface area contributed by atoms with Crippen molar-refractivity contribution in [3.05, 3.63) is 58.6 Å². The predicted molar refractivity (Wildman–Crippen MR) is 85.1 cm³/mol. The number of nitrogens with two attached hydrogens (primary N) is 1. The van der Waals surface area contributed by atoms with Gasteiger partial charge in [0, 0.05) is 21.6 Å². The summed E-state index contributed by atoms with van der Waals surface area (Å²) < 4.78 is 6.53. The van der Waals surface area contributed by atoms with E-state index < -0.39 is 0 Å². The summed E-state index contributed by atoms with van der Waals surface area (Å²) in [4.78, 5) is 4.40. The van der Waals surface area contributed by atoms with E-state index in [2.05, 4.69) is 27.0 Å². The molecule has 0 atom stereocenters. The summed E-state index contributed by atoms with van der Waals surface area (Å²) >= 11 is 3.36. The number of nitrogens with zero attached hydrogens (tertiary/aromatic N) is 2. The molecule has 3 aromatic rings. The van der Waals surface area contributed by atoms with Gasteiger partial charge in [0.15, 0.2) is 0 Å². The lowest BCUT2D eigenvalue weighted by molar-refractivity contribution is 0.463. The Kier molecular flexibility index (Phi) is 3.46. The molecule has 1 heterocycles. The quantitative estimate of drug-likeness (QED) is 0.708. The van der Waals surface area contributed by atoms with Crippen molar-refractivity contribution in [1.29, 1.82) is 5.26 Å². The first-order valence-corrected chi connectivity index (χ1v) is 6.99. The molecule has 21 heavy (non-hydrogen) atoms. The fraction of sp³-hybridized carbons (Fsp3) is 0. The topological polar surface area (TPSA) is 71.9 Å². The fourth-order valence-corrected chi connectivity index (χ4v) is 2.50. The summed E-state index contributed by atoms with van der Waals surface area (Å²) in [6.07, 6.45) is 0. The summed E-state index contributed by atoms with van der Waals surface area (Å²) in [5, 5.41) is 10.2. The number of nitrogen functional groups attached to an aromatic ring is 1. The highest BCUT2D eigenvalue weighted by atomic mass is 79.9. The van der Waals surface area contributed by atoms with Crippen LogP contribution >= 0.6 is 15.9 Å². The van der Waals surface area contributed by atoms with Crippen molar-refractivity contribution in [2.24, 2.45) is 0 Å². The third-order valence-corrected chi connectivity index (χ3v) is 3.38. The van der Waals surface area contributed by atoms with E-state index in [9.17, 15) is 5.26 Å². The maximum atomic E-state index is 9.26. The van der Waals surface area contributed by atoms with Crippen LogP contribution in [-0.2, 0) is 0 Å². The first-order chi connectivity index (χ1) is 10.2. The highest BCUT2D eigenvalue weighted by Crippen LogP contribution is 2.29. The number of benzene rings is 2. The number of ether oxygens (including phenoxy) is 1. The summed E-state index contributed by atoms with van der Waals surface area (Å²) in [6, 6.07) is 16.7. The predicted octanol–water partition coefficient (Wildman–Crippen LogP) is 4.24. The molecule has 4 nitrogen and oxygen atoms in total. The minimum atomic E-state index is 0.272. The van der Waals surface area contributed by atoms with Crippen LogP contribution in [0.1, 0.15) is 5.56 Å². The zero-order valence-electron chi connectivity index (χ0n) is 10.9. The number of nitriles is 1. The van der Waals surface area contributed by atoms with E-state index in [1.165, 1.54) is 0 Å². The Morgan fingerprint density at radius 2 is 1.95 bits per heavy atom. The van der Waals surface area contributed by atoms with Crippen molar-refractivity contribution in [2.75, 3.05) is 5.73 Å². The number of halogens is 1. The van der Waals surface area contributed by atoms with E-state index in [0.29, 0.717) is 17.0 Å². The van der Waals surface area contributed by atoms with Gasteiger partial charge in [-0.1, -0.05) is 34.1 Å². The number of rotatable bonds is 2. The lowest BCUT2D eigenvalue weighted by Crippen LogP contribution is -1.94. The average Bonchev–Trinajstić information content (AvgIpc) is 2.45. The number of hydrogen-bond donors (Lipinski definition) is 1. The molecule has 2 N–H and O–H groups in total. The number of aromatic nitrogens is 1. The maximum Gasteiger partial charge on any atom is 0.237 e. The fourth-order valence-electron chi connectivity index (χ4n) is 2.01. The molecule has 0 spiro atoms. The lowest BCUT2D eigenvalue weighted by atomic mass is 10.1. The molecule has 0 saturated heterocycles. The molecule has 5 heteroatoms. The molecule has 102 valence electrons. The lowest BCUT2D eigenvalue weighted by Gasteiger charge is -2.09. The van der Waals surface area contributed by atoms with Gasteiger partial charge in [-0.05, 0) is 24.3 Å². The average molecular weight is 340 g/mol. The van der Waals surface area contributed by atoms with E-state index in [0.717, 1.165) is 15.4 Å². The van der Waals surface area contributed by atoms with Crippen LogP contribution < -0.4 is 10.5 Å². The van der Waals surface area contributed by atoms with Gasteiger partial charge < -0.3 is 10.5 Å². The van der Waals surface area contributed by atoms with Crippen LogP contribution in [0.25, 0.3) is 10.9 Å². The third kappa shape index (κ3) is 2.81. The highest BCUT2D eigenvalue weighted by molar-refractivity contribution is 9.10. The van der Waals surface area contributed by atoms with Crippen molar-refractivity contribution in [2.45, 2.75) is 0 Å². The monoisotopic (exact) mass is 339 g/mol. The van der Waals surface area contributed by atoms with Crippen LogP contribution in [0.5, 0.6) is 11.6 Å². The Hall–Kier alpha value is -2.58. The van der Waals surface area contributed by atoms with Gasteiger partial charge in [0.1, 0.15) is 17.4 Å². The highest BCUT2D eigenvalue weighted by Gasteiger charge is 2.09. The van der Waals surface area contributed by atoms with Crippen molar-refractivity contribution in [1.82, 2.24) is 4.98 Å². The van der Waals surface area contributed by atoms with Crippen LogP contribution in [0, 0.1) is 11.3 Å². The molecule has 2 aromatic carbocycles. The Balaban J connectivity index is 2.09. The summed E-state index contributed by atoms with van der Waals surface area (Å²) in [5.74, 6) is 0.801. The summed E-state index contributed by atoms with van der Waals surface area (Å²) in [7, 11) is 0. The van der Waals surface area contributed by atoms with E-state index in [1.54, 1.807) is 24.3 Å². The Morgan fingerprint density at radius 1 is 1.14 bits per heavy atom. The van der Waals surface area contributed by atoms with E-state index in [-0.39, 0.29) is 5.88 Å². The minimum absolute atomic E-state index is 0.272. The van der Waals surface area contributed by atoms with Gasteiger partial charge >= 0.3 is 0 Å². The van der Waals surface area contributed by atoms with E-state index in [4.69, 9.17) is 10.5 Å². The van der Waals surface area contributed by atoms with Gasteiger partial charge in [-0.3, -0.25) is 0 Å². The largest absolute Gasteiger partial charge is 0.438 e. The molecule has 3 rings (SSSR count). The van der Waals surface area contributed by atoms with E-state index >= 15 is 0 Å². The van der Waals surface area contributed by atoms with Crippen molar-refractivity contribution < 1.29 is 4.74 Å². The molecule has 0 unspecified atom stereocenters. The maximum absolute atomic E-state index is 9.26. The molecular formula is C16H10BrN3O. The molecule has 0 bridgehead atoms. The number of pyridine rings is 1. The molecule has 0 aliphatic rings. The van der Waals surface area contributed by atoms with Crippen molar-refractivity contribution in [3.8, 4) is 17.7 Å². The number of para-hydroxylation sites is 1. The third-order valence-electron chi connectivity index (χ3n) is 2.92. The SMILES string of the molecule is N#Cc1cc2ccccc2nc1Oc1cc(N)cc(Br)c1. The smallest absolute Gasteiger partial charge is 0.237 e. The standard InChI is InChI=1S/C16H10BrN3O/c17-12-6-13(19)8-14(7-12)21-16-11(9-18)5-10-3-1-2-4-15(10)20-16/h1-8H,19H2. The number of anilines is 1. The van der Waals surface area contributed by atoms with Gasteiger partial charge in [0.05, 0.1) is 5.52 Å². The molecular weight excluding hydrogens is 330 g/mol. The second kappa shape index (κ2) is 5.43. The van der Waals surface area contributed by atoms with Crippen LogP contribution in [0.15, 0.2) is 53.0 Å². The molecule has 0 fully saturated rings. The summed E-state index contributed by atoms with van der Waals surface area (Å²) in [5.41, 5.74) is 7.50. The molecule has 0 amide bonds. The van der Waals surface area contributed by atoms with Gasteiger partial charge in [0.2, 0.25) is 5.88 Å². The summed E-state index contributed by atoms with van der Waals surface area (Å²) in [6.45, 7) is 0. The van der Waals surface area contributed by atoms with Crippen molar-refractivity contribution >= 4 is 32.5 Å². The van der Waals surface area contributed by atoms with Gasteiger partial charge in [-0.2, -0.15) is 5.26 Å². The van der Waals surface area contributed by atoms with E-state index in [1.807, 2.05) is 24.3 Å². The molecule has 1 aromatic heterocycles.